The number of anilines is 1. The Hall–Kier alpha value is -2.53. The van der Waals surface area contributed by atoms with Gasteiger partial charge in [-0.1, -0.05) is 17.7 Å². The van der Waals surface area contributed by atoms with Gasteiger partial charge in [0.25, 0.3) is 5.91 Å². The Kier molecular flexibility index (Phi) is 5.78. The van der Waals surface area contributed by atoms with Gasteiger partial charge < -0.3 is 15.0 Å². The Morgan fingerprint density at radius 3 is 2.46 bits per heavy atom. The highest BCUT2D eigenvalue weighted by molar-refractivity contribution is 6.30. The number of halogens is 1. The number of hydrogen-bond donors (Lipinski definition) is 1. The van der Waals surface area contributed by atoms with E-state index in [1.165, 1.54) is 0 Å². The van der Waals surface area contributed by atoms with E-state index >= 15 is 0 Å². The molecule has 0 bridgehead atoms. The summed E-state index contributed by atoms with van der Waals surface area (Å²) >= 11 is 5.85. The lowest BCUT2D eigenvalue weighted by atomic mass is 9.95. The molecule has 0 saturated carbocycles. The normalized spacial score (nSPS) is 14.8. The number of nitrogens with zero attached hydrogens (tertiary/aromatic N) is 1. The van der Waals surface area contributed by atoms with Crippen LogP contribution in [0, 0.1) is 5.92 Å². The van der Waals surface area contributed by atoms with Crippen molar-refractivity contribution >= 4 is 29.1 Å². The number of carbonyl (C=O) groups is 2. The van der Waals surface area contributed by atoms with E-state index in [1.54, 1.807) is 54.5 Å². The first-order valence-electron chi connectivity index (χ1n) is 8.56. The molecule has 1 aliphatic heterocycles. The second-order valence-corrected chi connectivity index (χ2v) is 6.73. The molecule has 1 N–H and O–H groups in total. The Morgan fingerprint density at radius 2 is 1.81 bits per heavy atom. The number of amides is 2. The van der Waals surface area contributed by atoms with Gasteiger partial charge >= 0.3 is 0 Å². The number of methoxy groups -OCH3 is 1. The Labute approximate surface area is 157 Å². The maximum absolute atomic E-state index is 12.6. The fourth-order valence-electron chi connectivity index (χ4n) is 3.06. The Balaban J connectivity index is 1.55. The quantitative estimate of drug-likeness (QED) is 0.887. The molecule has 0 spiro atoms. The second-order valence-electron chi connectivity index (χ2n) is 6.29. The minimum Gasteiger partial charge on any atom is -0.497 e. The zero-order valence-electron chi connectivity index (χ0n) is 14.6. The standard InChI is InChI=1S/C20H21ClN2O3/c1-26-18-4-2-3-15(13-18)20(25)23-11-9-14(10-12-23)19(24)22-17-7-5-16(21)6-8-17/h2-8,13-14H,9-12H2,1H3,(H,22,24). The van der Waals surface area contributed by atoms with Crippen LogP contribution in [0.4, 0.5) is 5.69 Å². The van der Waals surface area contributed by atoms with Crippen LogP contribution in [0.5, 0.6) is 5.75 Å². The molecule has 0 radical (unpaired) electrons. The monoisotopic (exact) mass is 372 g/mol. The van der Waals surface area contributed by atoms with Gasteiger partial charge in [-0.25, -0.2) is 0 Å². The van der Waals surface area contributed by atoms with E-state index in [9.17, 15) is 9.59 Å². The summed E-state index contributed by atoms with van der Waals surface area (Å²) in [7, 11) is 1.58. The van der Waals surface area contributed by atoms with Crippen molar-refractivity contribution in [1.29, 1.82) is 0 Å². The van der Waals surface area contributed by atoms with Crippen molar-refractivity contribution in [3.63, 3.8) is 0 Å². The van der Waals surface area contributed by atoms with Crippen molar-refractivity contribution in [2.75, 3.05) is 25.5 Å². The maximum atomic E-state index is 12.6. The first-order chi connectivity index (χ1) is 12.6. The molecule has 2 amide bonds. The average Bonchev–Trinajstić information content (AvgIpc) is 2.69. The third kappa shape index (κ3) is 4.35. The van der Waals surface area contributed by atoms with E-state index in [2.05, 4.69) is 5.32 Å². The Bertz CT molecular complexity index is 784. The molecule has 1 aliphatic rings. The number of nitrogens with one attached hydrogen (secondary N) is 1. The number of carbonyl (C=O) groups excluding carboxylic acids is 2. The van der Waals surface area contributed by atoms with Gasteiger partial charge in [-0.3, -0.25) is 9.59 Å². The van der Waals surface area contributed by atoms with Gasteiger partial charge in [0.1, 0.15) is 5.75 Å². The van der Waals surface area contributed by atoms with E-state index < -0.39 is 0 Å². The van der Waals surface area contributed by atoms with Gasteiger partial charge in [0, 0.05) is 35.3 Å². The smallest absolute Gasteiger partial charge is 0.253 e. The molecule has 6 heteroatoms. The number of piperidine rings is 1. The van der Waals surface area contributed by atoms with Gasteiger partial charge in [0.15, 0.2) is 0 Å². The number of benzene rings is 2. The van der Waals surface area contributed by atoms with Gasteiger partial charge in [-0.05, 0) is 55.3 Å². The highest BCUT2D eigenvalue weighted by Gasteiger charge is 2.28. The molecule has 2 aromatic rings. The lowest BCUT2D eigenvalue weighted by Crippen LogP contribution is -2.41. The molecule has 3 rings (SSSR count). The highest BCUT2D eigenvalue weighted by Crippen LogP contribution is 2.22. The maximum Gasteiger partial charge on any atom is 0.253 e. The Morgan fingerprint density at radius 1 is 1.12 bits per heavy atom. The molecule has 0 aliphatic carbocycles. The first kappa shape index (κ1) is 18.3. The van der Waals surface area contributed by atoms with Crippen LogP contribution in [0.2, 0.25) is 5.02 Å². The molecule has 1 heterocycles. The summed E-state index contributed by atoms with van der Waals surface area (Å²) < 4.78 is 5.17. The van der Waals surface area contributed by atoms with Crippen LogP contribution in [0.1, 0.15) is 23.2 Å². The van der Waals surface area contributed by atoms with Gasteiger partial charge in [0.05, 0.1) is 7.11 Å². The summed E-state index contributed by atoms with van der Waals surface area (Å²) in [6, 6.07) is 14.2. The first-order valence-corrected chi connectivity index (χ1v) is 8.94. The van der Waals surface area contributed by atoms with Crippen LogP contribution in [0.15, 0.2) is 48.5 Å². The summed E-state index contributed by atoms with van der Waals surface area (Å²) in [6.07, 6.45) is 1.30. The van der Waals surface area contributed by atoms with Gasteiger partial charge in [-0.2, -0.15) is 0 Å². The second kappa shape index (κ2) is 8.23. The minimum atomic E-state index is -0.0972. The summed E-state index contributed by atoms with van der Waals surface area (Å²) in [5, 5.41) is 3.54. The molecule has 136 valence electrons. The van der Waals surface area contributed by atoms with Crippen LogP contribution in [-0.2, 0) is 4.79 Å². The van der Waals surface area contributed by atoms with Crippen molar-refractivity contribution in [3.05, 3.63) is 59.1 Å². The predicted octanol–water partition coefficient (Wildman–Crippen LogP) is 3.84. The van der Waals surface area contributed by atoms with Crippen molar-refractivity contribution in [2.45, 2.75) is 12.8 Å². The van der Waals surface area contributed by atoms with Crippen LogP contribution >= 0.6 is 11.6 Å². The lowest BCUT2D eigenvalue weighted by molar-refractivity contribution is -0.121. The van der Waals surface area contributed by atoms with E-state index in [4.69, 9.17) is 16.3 Å². The molecule has 0 atom stereocenters. The summed E-state index contributed by atoms with van der Waals surface area (Å²) in [6.45, 7) is 1.13. The molecule has 5 nitrogen and oxygen atoms in total. The van der Waals surface area contributed by atoms with Crippen molar-refractivity contribution in [3.8, 4) is 5.75 Å². The molecule has 0 aromatic heterocycles. The van der Waals surface area contributed by atoms with E-state index in [-0.39, 0.29) is 17.7 Å². The molecular weight excluding hydrogens is 352 g/mol. The summed E-state index contributed by atoms with van der Waals surface area (Å²) in [4.78, 5) is 26.8. The molecule has 1 saturated heterocycles. The minimum absolute atomic E-state index is 0.0131. The summed E-state index contributed by atoms with van der Waals surface area (Å²) in [5.74, 6) is 0.523. The van der Waals surface area contributed by atoms with Crippen molar-refractivity contribution < 1.29 is 14.3 Å². The SMILES string of the molecule is COc1cccc(C(=O)N2CCC(C(=O)Nc3ccc(Cl)cc3)CC2)c1. The third-order valence-corrected chi connectivity index (χ3v) is 4.83. The van der Waals surface area contributed by atoms with Crippen LogP contribution in [0.25, 0.3) is 0 Å². The topological polar surface area (TPSA) is 58.6 Å². The fourth-order valence-corrected chi connectivity index (χ4v) is 3.19. The van der Waals surface area contributed by atoms with Crippen LogP contribution in [-0.4, -0.2) is 36.9 Å². The fraction of sp³-hybridized carbons (Fsp3) is 0.300. The molecule has 2 aromatic carbocycles. The third-order valence-electron chi connectivity index (χ3n) is 4.58. The zero-order chi connectivity index (χ0) is 18.5. The van der Waals surface area contributed by atoms with E-state index in [0.29, 0.717) is 42.3 Å². The van der Waals surface area contributed by atoms with E-state index in [0.717, 1.165) is 5.69 Å². The molecule has 1 fully saturated rings. The van der Waals surface area contributed by atoms with Crippen LogP contribution in [0.3, 0.4) is 0 Å². The average molecular weight is 373 g/mol. The zero-order valence-corrected chi connectivity index (χ0v) is 15.3. The van der Waals surface area contributed by atoms with E-state index in [1.807, 2.05) is 6.07 Å². The van der Waals surface area contributed by atoms with Gasteiger partial charge in [-0.15, -0.1) is 0 Å². The number of ether oxygens (including phenoxy) is 1. The lowest BCUT2D eigenvalue weighted by Gasteiger charge is -2.31. The molecule has 26 heavy (non-hydrogen) atoms. The van der Waals surface area contributed by atoms with Gasteiger partial charge in [0.2, 0.25) is 5.91 Å². The largest absolute Gasteiger partial charge is 0.497 e. The summed E-state index contributed by atoms with van der Waals surface area (Å²) in [5.41, 5.74) is 1.34. The van der Waals surface area contributed by atoms with Crippen LogP contribution < -0.4 is 10.1 Å². The highest BCUT2D eigenvalue weighted by atomic mass is 35.5. The predicted molar refractivity (Wildman–Crippen MR) is 102 cm³/mol. The molecular formula is C20H21ClN2O3. The number of hydrogen-bond acceptors (Lipinski definition) is 3. The van der Waals surface area contributed by atoms with Crippen molar-refractivity contribution in [2.24, 2.45) is 5.92 Å². The number of rotatable bonds is 4. The van der Waals surface area contributed by atoms with Crippen molar-refractivity contribution in [1.82, 2.24) is 4.90 Å². The molecule has 0 unspecified atom stereocenters. The number of likely N-dealkylation sites (tertiary alicyclic amines) is 1.